The minimum absolute atomic E-state index is 0.0981. The van der Waals surface area contributed by atoms with Crippen molar-refractivity contribution in [1.82, 2.24) is 10.6 Å². The highest BCUT2D eigenvalue weighted by molar-refractivity contribution is 5.73. The van der Waals surface area contributed by atoms with Gasteiger partial charge < -0.3 is 54.7 Å². The Bertz CT molecular complexity index is 639. The van der Waals surface area contributed by atoms with Crippen molar-refractivity contribution in [2.45, 2.75) is 68.8 Å². The molecule has 2 aliphatic heterocycles. The number of hydrogen-bond acceptors (Lipinski definition) is 11. The Hall–Kier alpha value is -1.42. The van der Waals surface area contributed by atoms with Crippen LogP contribution in [0.15, 0.2) is 0 Å². The molecular formula is C20H36N2O11. The van der Waals surface area contributed by atoms with E-state index >= 15 is 0 Å². The molecule has 10 atom stereocenters. The number of carbonyl (C=O) groups excluding carboxylic acids is 2. The highest BCUT2D eigenvalue weighted by Crippen LogP contribution is 2.28. The van der Waals surface area contributed by atoms with E-state index in [0.29, 0.717) is 0 Å². The highest BCUT2D eigenvalue weighted by Gasteiger charge is 2.48. The number of aliphatic hydroxyl groups is 4. The Morgan fingerprint density at radius 2 is 1.42 bits per heavy atom. The maximum absolute atomic E-state index is 11.6. The van der Waals surface area contributed by atoms with Crippen molar-refractivity contribution in [2.24, 2.45) is 5.92 Å². The average Bonchev–Trinajstić information content (AvgIpc) is 2.77. The predicted octanol–water partition coefficient (Wildman–Crippen LogP) is -3.51. The molecule has 0 aromatic heterocycles. The van der Waals surface area contributed by atoms with Crippen LogP contribution in [-0.2, 0) is 33.3 Å². The molecule has 2 aliphatic rings. The first-order valence-corrected chi connectivity index (χ1v) is 10.7. The highest BCUT2D eigenvalue weighted by atomic mass is 16.7. The molecule has 4 unspecified atom stereocenters. The first-order valence-electron chi connectivity index (χ1n) is 10.7. The summed E-state index contributed by atoms with van der Waals surface area (Å²) in [7, 11) is 2.72. The second-order valence-electron chi connectivity index (χ2n) is 8.19. The summed E-state index contributed by atoms with van der Waals surface area (Å²) in [6.45, 7) is 1.53. The van der Waals surface area contributed by atoms with Crippen LogP contribution in [0.5, 0.6) is 0 Å². The molecule has 0 aromatic rings. The molecule has 192 valence electrons. The summed E-state index contributed by atoms with van der Waals surface area (Å²) in [5, 5.41) is 46.0. The van der Waals surface area contributed by atoms with Crippen molar-refractivity contribution in [3.63, 3.8) is 0 Å². The summed E-state index contributed by atoms with van der Waals surface area (Å²) < 4.78 is 27.6. The van der Waals surface area contributed by atoms with E-state index < -0.39 is 85.9 Å². The summed E-state index contributed by atoms with van der Waals surface area (Å²) >= 11 is 0. The summed E-state index contributed by atoms with van der Waals surface area (Å²) in [6.07, 6.45) is -6.66. The van der Waals surface area contributed by atoms with Crippen LogP contribution in [0.2, 0.25) is 0 Å². The van der Waals surface area contributed by atoms with E-state index in [4.69, 9.17) is 23.7 Å². The average molecular weight is 481 g/mol. The van der Waals surface area contributed by atoms with Crippen LogP contribution in [0.4, 0.5) is 0 Å². The fourth-order valence-electron chi connectivity index (χ4n) is 4.32. The molecule has 33 heavy (non-hydrogen) atoms. The summed E-state index contributed by atoms with van der Waals surface area (Å²) in [5.41, 5.74) is 0. The van der Waals surface area contributed by atoms with Gasteiger partial charge in [-0.3, -0.25) is 9.59 Å². The molecule has 6 N–H and O–H groups in total. The van der Waals surface area contributed by atoms with Crippen molar-refractivity contribution in [2.75, 3.05) is 40.6 Å². The Labute approximate surface area is 192 Å². The van der Waals surface area contributed by atoms with Gasteiger partial charge in [0.2, 0.25) is 11.8 Å². The summed E-state index contributed by atoms with van der Waals surface area (Å²) in [5.74, 6) is -1.52. The van der Waals surface area contributed by atoms with Crippen molar-refractivity contribution in [3.05, 3.63) is 0 Å². The molecule has 13 heteroatoms. The lowest BCUT2D eigenvalue weighted by Gasteiger charge is -2.45. The predicted molar refractivity (Wildman–Crippen MR) is 111 cm³/mol. The molecule has 0 spiro atoms. The van der Waals surface area contributed by atoms with E-state index in [2.05, 4.69) is 10.6 Å². The molecule has 0 bridgehead atoms. The van der Waals surface area contributed by atoms with Gasteiger partial charge in [-0.25, -0.2) is 0 Å². The zero-order valence-corrected chi connectivity index (χ0v) is 19.2. The third-order valence-corrected chi connectivity index (χ3v) is 5.90. The van der Waals surface area contributed by atoms with Crippen LogP contribution in [0.1, 0.15) is 13.8 Å². The van der Waals surface area contributed by atoms with Gasteiger partial charge in [0.05, 0.1) is 44.7 Å². The number of nitrogens with one attached hydrogen (secondary N) is 2. The molecule has 0 aromatic carbocycles. The number of aliphatic hydroxyl groups excluding tert-OH is 4. The van der Waals surface area contributed by atoms with Gasteiger partial charge in [-0.15, -0.1) is 0 Å². The number of ether oxygens (including phenoxy) is 5. The van der Waals surface area contributed by atoms with Crippen molar-refractivity contribution >= 4 is 11.8 Å². The largest absolute Gasteiger partial charge is 0.394 e. The molecule has 13 nitrogen and oxygen atoms in total. The minimum Gasteiger partial charge on any atom is -0.394 e. The summed E-state index contributed by atoms with van der Waals surface area (Å²) in [4.78, 5) is 23.2. The van der Waals surface area contributed by atoms with E-state index in [1.807, 2.05) is 0 Å². The standard InChI is InChI=1S/C20H36N2O11/c1-9(25)21-15-14(32-13(6-24)19(29-3)18(15)28)8-31-7-11-12(5-23)33-20(30-4)16(17(11)27)22-10(2)26/h11-20,23-24,27-28H,5-8H2,1-4H3,(H,21,25)(H,22,26)/t11-,12?,13?,14+,15?,16?,17-,18+,19-,20-/m1/s1. The second kappa shape index (κ2) is 12.9. The van der Waals surface area contributed by atoms with Crippen LogP contribution < -0.4 is 10.6 Å². The van der Waals surface area contributed by atoms with Crippen molar-refractivity contribution in [1.29, 1.82) is 0 Å². The molecule has 2 heterocycles. The number of methoxy groups -OCH3 is 2. The van der Waals surface area contributed by atoms with Gasteiger partial charge in [-0.05, 0) is 0 Å². The number of amides is 2. The first-order chi connectivity index (χ1) is 15.7. The lowest BCUT2D eigenvalue weighted by atomic mass is 9.88. The normalized spacial score (nSPS) is 39.2. The van der Waals surface area contributed by atoms with Crippen molar-refractivity contribution in [3.8, 4) is 0 Å². The van der Waals surface area contributed by atoms with Crippen LogP contribution >= 0.6 is 0 Å². The van der Waals surface area contributed by atoms with Gasteiger partial charge in [0.15, 0.2) is 6.29 Å². The smallest absolute Gasteiger partial charge is 0.217 e. The van der Waals surface area contributed by atoms with Crippen LogP contribution in [0.25, 0.3) is 0 Å². The van der Waals surface area contributed by atoms with E-state index in [0.717, 1.165) is 0 Å². The van der Waals surface area contributed by atoms with Gasteiger partial charge in [0.25, 0.3) is 0 Å². The number of hydrogen-bond donors (Lipinski definition) is 6. The second-order valence-corrected chi connectivity index (χ2v) is 8.19. The van der Waals surface area contributed by atoms with E-state index in [9.17, 15) is 30.0 Å². The summed E-state index contributed by atoms with van der Waals surface area (Å²) in [6, 6.07) is -1.76. The minimum atomic E-state index is -1.17. The van der Waals surface area contributed by atoms with Gasteiger partial charge in [-0.1, -0.05) is 0 Å². The van der Waals surface area contributed by atoms with Crippen LogP contribution in [0, 0.1) is 5.92 Å². The lowest BCUT2D eigenvalue weighted by Crippen LogP contribution is -2.65. The maximum Gasteiger partial charge on any atom is 0.217 e. The fourth-order valence-corrected chi connectivity index (χ4v) is 4.32. The quantitative estimate of drug-likeness (QED) is 0.182. The van der Waals surface area contributed by atoms with E-state index in [1.165, 1.54) is 28.1 Å². The fraction of sp³-hybridized carbons (Fsp3) is 0.900. The Balaban J connectivity index is 2.09. The lowest BCUT2D eigenvalue weighted by molar-refractivity contribution is -0.257. The number of carbonyl (C=O) groups is 2. The van der Waals surface area contributed by atoms with Gasteiger partial charge >= 0.3 is 0 Å². The molecule has 0 saturated carbocycles. The number of rotatable bonds is 10. The zero-order valence-electron chi connectivity index (χ0n) is 19.2. The molecule has 2 saturated heterocycles. The molecule has 2 fully saturated rings. The Kier molecular flexibility index (Phi) is 10.9. The van der Waals surface area contributed by atoms with Gasteiger partial charge in [-0.2, -0.15) is 0 Å². The van der Waals surface area contributed by atoms with Crippen LogP contribution in [-0.4, -0.2) is 128 Å². The topological polar surface area (TPSA) is 185 Å². The molecular weight excluding hydrogens is 444 g/mol. The van der Waals surface area contributed by atoms with Gasteiger partial charge in [0, 0.05) is 34.0 Å². The Morgan fingerprint density at radius 1 is 0.818 bits per heavy atom. The SMILES string of the molecule is CO[C@@H]1OC(CO)[C@@H](COC[C@@H]2OC(CO)[C@@H](OC)[C@@H](O)C2NC(C)=O)[C@@H](O)C1NC(C)=O. The third kappa shape index (κ3) is 6.81. The zero-order chi connectivity index (χ0) is 24.7. The van der Waals surface area contributed by atoms with Crippen LogP contribution in [0.3, 0.4) is 0 Å². The van der Waals surface area contributed by atoms with Gasteiger partial charge in [0.1, 0.15) is 30.5 Å². The molecule has 2 amide bonds. The third-order valence-electron chi connectivity index (χ3n) is 5.90. The molecule has 0 aliphatic carbocycles. The van der Waals surface area contributed by atoms with E-state index in [-0.39, 0.29) is 13.2 Å². The monoisotopic (exact) mass is 480 g/mol. The van der Waals surface area contributed by atoms with E-state index in [1.54, 1.807) is 0 Å². The van der Waals surface area contributed by atoms with Crippen molar-refractivity contribution < 1.29 is 53.7 Å². The maximum atomic E-state index is 11.6. The Morgan fingerprint density at radius 3 is 1.94 bits per heavy atom. The molecule has 2 rings (SSSR count). The molecule has 0 radical (unpaired) electrons. The first kappa shape index (κ1) is 27.8.